The average Bonchev–Trinajstić information content (AvgIpc) is 2.47. The molecule has 14 heavy (non-hydrogen) atoms. The Morgan fingerprint density at radius 3 is 3.00 bits per heavy atom. The van der Waals surface area contributed by atoms with Crippen LogP contribution in [-0.2, 0) is 11.2 Å². The number of hydrogen-bond acceptors (Lipinski definition) is 3. The molecular weight excluding hydrogens is 214 g/mol. The molecule has 0 saturated heterocycles. The smallest absolute Gasteiger partial charge is 0.192 e. The van der Waals surface area contributed by atoms with E-state index >= 15 is 0 Å². The zero-order chi connectivity index (χ0) is 10.1. The monoisotopic (exact) mass is 223 g/mol. The number of carbonyl (C=O) groups excluding carboxylic acids is 1. The Morgan fingerprint density at radius 2 is 2.36 bits per heavy atom. The van der Waals surface area contributed by atoms with Crippen molar-refractivity contribution >= 4 is 39.3 Å². The van der Waals surface area contributed by atoms with Crippen molar-refractivity contribution in [3.05, 3.63) is 28.8 Å². The number of carbonyl (C=O) groups is 1. The largest absolute Gasteiger partial charge is 0.287 e. The molecule has 0 unspecified atom stereocenters. The summed E-state index contributed by atoms with van der Waals surface area (Å²) < 4.78 is 1.13. The second-order valence-electron chi connectivity index (χ2n) is 3.10. The molecule has 2 nitrogen and oxygen atoms in total. The van der Waals surface area contributed by atoms with E-state index < -0.39 is 0 Å². The van der Waals surface area contributed by atoms with Gasteiger partial charge in [0, 0.05) is 0 Å². The lowest BCUT2D eigenvalue weighted by molar-refractivity contribution is -0.110. The normalized spacial score (nSPS) is 10.7. The summed E-state index contributed by atoms with van der Waals surface area (Å²) in [6.07, 6.45) is 0.321. The number of hydrogen-bond donors (Lipinski definition) is 1. The maximum atomic E-state index is 10.8. The predicted molar refractivity (Wildman–Crippen MR) is 62.1 cm³/mol. The molecule has 2 rings (SSSR count). The van der Waals surface area contributed by atoms with Gasteiger partial charge in [0.2, 0.25) is 0 Å². The summed E-state index contributed by atoms with van der Waals surface area (Å²) in [7, 11) is 0. The summed E-state index contributed by atoms with van der Waals surface area (Å²) in [4.78, 5) is 15.2. The minimum Gasteiger partial charge on any atom is -0.287 e. The lowest BCUT2D eigenvalue weighted by Crippen LogP contribution is -1.91. The zero-order valence-electron chi connectivity index (χ0n) is 7.65. The van der Waals surface area contributed by atoms with E-state index in [1.807, 2.05) is 25.1 Å². The average molecular weight is 223 g/mol. The summed E-state index contributed by atoms with van der Waals surface area (Å²) in [6.45, 7) is 2.02. The molecule has 0 radical (unpaired) electrons. The quantitative estimate of drug-likeness (QED) is 0.793. The van der Waals surface area contributed by atoms with E-state index in [0.29, 0.717) is 6.42 Å². The first-order chi connectivity index (χ1) is 6.66. The van der Waals surface area contributed by atoms with Gasteiger partial charge in [-0.25, -0.2) is 4.98 Å². The number of benzene rings is 1. The SMILES string of the molecule is Cc1cccc2sc(CC(=O)S)nc12. The lowest BCUT2D eigenvalue weighted by Gasteiger charge is -1.90. The number of thiol groups is 1. The van der Waals surface area contributed by atoms with Gasteiger partial charge in [-0.15, -0.1) is 24.0 Å². The standard InChI is InChI=1S/C10H9NOS2/c1-6-3-2-4-7-10(6)11-8(14-7)5-9(12)13/h2-4H,5H2,1H3,(H,12,13). The summed E-state index contributed by atoms with van der Waals surface area (Å²) >= 11 is 5.30. The van der Waals surface area contributed by atoms with Gasteiger partial charge in [-0.1, -0.05) is 12.1 Å². The highest BCUT2D eigenvalue weighted by Crippen LogP contribution is 2.24. The van der Waals surface area contributed by atoms with E-state index in [9.17, 15) is 4.79 Å². The molecule has 0 bridgehead atoms. The van der Waals surface area contributed by atoms with E-state index in [0.717, 1.165) is 20.8 Å². The summed E-state index contributed by atoms with van der Waals surface area (Å²) in [6, 6.07) is 6.04. The van der Waals surface area contributed by atoms with Crippen LogP contribution in [0.5, 0.6) is 0 Å². The molecule has 0 aliphatic heterocycles. The highest BCUT2D eigenvalue weighted by atomic mass is 32.1. The maximum absolute atomic E-state index is 10.8. The van der Waals surface area contributed by atoms with Gasteiger partial charge in [0.15, 0.2) is 5.12 Å². The summed E-state index contributed by atoms with van der Waals surface area (Å²) in [5.41, 5.74) is 2.15. The number of aryl methyl sites for hydroxylation is 1. The van der Waals surface area contributed by atoms with Gasteiger partial charge in [0.25, 0.3) is 0 Å². The Bertz CT molecular complexity index is 490. The second kappa shape index (κ2) is 3.71. The van der Waals surface area contributed by atoms with Crippen molar-refractivity contribution in [2.75, 3.05) is 0 Å². The highest BCUT2D eigenvalue weighted by Gasteiger charge is 2.07. The molecule has 0 N–H and O–H groups in total. The predicted octanol–water partition coefficient (Wildman–Crippen LogP) is 2.60. The lowest BCUT2D eigenvalue weighted by atomic mass is 10.2. The first-order valence-electron chi connectivity index (χ1n) is 4.23. The third-order valence-electron chi connectivity index (χ3n) is 1.97. The van der Waals surface area contributed by atoms with Crippen LogP contribution < -0.4 is 0 Å². The number of thiazole rings is 1. The van der Waals surface area contributed by atoms with Crippen molar-refractivity contribution in [3.63, 3.8) is 0 Å². The fraction of sp³-hybridized carbons (Fsp3) is 0.200. The van der Waals surface area contributed by atoms with Crippen LogP contribution in [0.2, 0.25) is 0 Å². The van der Waals surface area contributed by atoms with Crippen LogP contribution >= 0.6 is 24.0 Å². The first kappa shape index (κ1) is 9.68. The summed E-state index contributed by atoms with van der Waals surface area (Å²) in [5.74, 6) is 0. The van der Waals surface area contributed by atoms with Crippen LogP contribution in [0.4, 0.5) is 0 Å². The minimum atomic E-state index is -0.137. The number of fused-ring (bicyclic) bond motifs is 1. The molecule has 0 spiro atoms. The number of nitrogens with zero attached hydrogens (tertiary/aromatic N) is 1. The number of para-hydroxylation sites is 1. The van der Waals surface area contributed by atoms with Crippen molar-refractivity contribution in [1.29, 1.82) is 0 Å². The van der Waals surface area contributed by atoms with Crippen LogP contribution in [0.1, 0.15) is 10.6 Å². The Kier molecular flexibility index (Phi) is 2.56. The van der Waals surface area contributed by atoms with Gasteiger partial charge in [0.1, 0.15) is 5.01 Å². The molecular formula is C10H9NOS2. The van der Waals surface area contributed by atoms with Gasteiger partial charge < -0.3 is 0 Å². The van der Waals surface area contributed by atoms with E-state index in [-0.39, 0.29) is 5.12 Å². The van der Waals surface area contributed by atoms with Gasteiger partial charge in [-0.3, -0.25) is 4.79 Å². The van der Waals surface area contributed by atoms with Crippen molar-refractivity contribution in [3.8, 4) is 0 Å². The molecule has 1 aromatic heterocycles. The van der Waals surface area contributed by atoms with Crippen LogP contribution in [0.15, 0.2) is 18.2 Å². The van der Waals surface area contributed by atoms with Gasteiger partial charge in [-0.05, 0) is 18.6 Å². The molecule has 72 valence electrons. The number of aromatic nitrogens is 1. The van der Waals surface area contributed by atoms with Crippen molar-refractivity contribution in [2.45, 2.75) is 13.3 Å². The first-order valence-corrected chi connectivity index (χ1v) is 5.50. The van der Waals surface area contributed by atoms with Crippen molar-refractivity contribution < 1.29 is 4.79 Å². The molecule has 1 aromatic carbocycles. The van der Waals surface area contributed by atoms with Gasteiger partial charge >= 0.3 is 0 Å². The Morgan fingerprint density at radius 1 is 1.57 bits per heavy atom. The third kappa shape index (κ3) is 1.81. The van der Waals surface area contributed by atoms with Gasteiger partial charge in [0.05, 0.1) is 16.6 Å². The van der Waals surface area contributed by atoms with E-state index in [1.54, 1.807) is 11.3 Å². The van der Waals surface area contributed by atoms with Gasteiger partial charge in [-0.2, -0.15) is 0 Å². The molecule has 1 heterocycles. The van der Waals surface area contributed by atoms with Crippen molar-refractivity contribution in [2.24, 2.45) is 0 Å². The second-order valence-corrected chi connectivity index (χ2v) is 4.71. The molecule has 4 heteroatoms. The van der Waals surface area contributed by atoms with Crippen LogP contribution in [-0.4, -0.2) is 10.1 Å². The highest BCUT2D eigenvalue weighted by molar-refractivity contribution is 7.96. The molecule has 0 atom stereocenters. The van der Waals surface area contributed by atoms with E-state index in [4.69, 9.17) is 0 Å². The summed E-state index contributed by atoms with van der Waals surface area (Å²) in [5, 5.41) is 0.705. The fourth-order valence-corrected chi connectivity index (χ4v) is 2.64. The molecule has 0 aliphatic carbocycles. The van der Waals surface area contributed by atoms with Crippen LogP contribution in [0.3, 0.4) is 0 Å². The molecule has 0 aliphatic rings. The number of rotatable bonds is 2. The Labute approximate surface area is 91.4 Å². The molecule has 0 saturated carbocycles. The van der Waals surface area contributed by atoms with E-state index in [1.165, 1.54) is 0 Å². The topological polar surface area (TPSA) is 30.0 Å². The van der Waals surface area contributed by atoms with Crippen LogP contribution in [0, 0.1) is 6.92 Å². The fourth-order valence-electron chi connectivity index (χ4n) is 1.34. The molecule has 0 fully saturated rings. The minimum absolute atomic E-state index is 0.137. The molecule has 0 amide bonds. The van der Waals surface area contributed by atoms with Crippen LogP contribution in [0.25, 0.3) is 10.2 Å². The van der Waals surface area contributed by atoms with Crippen molar-refractivity contribution in [1.82, 2.24) is 4.98 Å². The Balaban J connectivity index is 2.51. The zero-order valence-corrected chi connectivity index (χ0v) is 9.36. The third-order valence-corrected chi connectivity index (χ3v) is 3.15. The maximum Gasteiger partial charge on any atom is 0.192 e. The molecule has 2 aromatic rings. The Hall–Kier alpha value is -0.870. The van der Waals surface area contributed by atoms with E-state index in [2.05, 4.69) is 17.6 Å².